The van der Waals surface area contributed by atoms with Crippen LogP contribution >= 0.6 is 0 Å². The molecular weight excluding hydrogens is 182 g/mol. The average molecular weight is 203 g/mol. The van der Waals surface area contributed by atoms with Crippen molar-refractivity contribution in [3.63, 3.8) is 0 Å². The largest absolute Gasteiger partial charge is 0.294 e. The standard InChI is InChI=1S/C14H21N/c1-4-14(2,3)11-15-9-12-7-5-6-8-13(12)10-15/h5-8H,4,9-11H2,1-3H3. The summed E-state index contributed by atoms with van der Waals surface area (Å²) >= 11 is 0. The first-order valence-corrected chi connectivity index (χ1v) is 5.90. The second-order valence-electron chi connectivity index (χ2n) is 5.43. The molecule has 1 heterocycles. The van der Waals surface area contributed by atoms with Gasteiger partial charge < -0.3 is 0 Å². The average Bonchev–Trinajstić information content (AvgIpc) is 2.58. The molecule has 1 aliphatic rings. The van der Waals surface area contributed by atoms with Crippen molar-refractivity contribution in [2.75, 3.05) is 6.54 Å². The van der Waals surface area contributed by atoms with Gasteiger partial charge in [-0.1, -0.05) is 45.0 Å². The van der Waals surface area contributed by atoms with Gasteiger partial charge in [0.1, 0.15) is 0 Å². The summed E-state index contributed by atoms with van der Waals surface area (Å²) in [6.45, 7) is 10.5. The zero-order valence-corrected chi connectivity index (χ0v) is 10.1. The maximum absolute atomic E-state index is 2.56. The minimum atomic E-state index is 0.446. The van der Waals surface area contributed by atoms with E-state index in [9.17, 15) is 0 Å². The Morgan fingerprint density at radius 1 is 1.13 bits per heavy atom. The fourth-order valence-corrected chi connectivity index (χ4v) is 2.23. The van der Waals surface area contributed by atoms with Crippen LogP contribution in [-0.4, -0.2) is 11.4 Å². The third kappa shape index (κ3) is 2.40. The number of fused-ring (bicyclic) bond motifs is 1. The van der Waals surface area contributed by atoms with Gasteiger partial charge in [-0.25, -0.2) is 0 Å². The van der Waals surface area contributed by atoms with Crippen molar-refractivity contribution in [1.82, 2.24) is 4.90 Å². The van der Waals surface area contributed by atoms with Crippen molar-refractivity contribution in [2.24, 2.45) is 5.41 Å². The molecule has 2 rings (SSSR count). The first-order chi connectivity index (χ1) is 7.11. The first kappa shape index (κ1) is 10.7. The molecule has 0 radical (unpaired) electrons. The SMILES string of the molecule is CCC(C)(C)CN1Cc2ccccc2C1. The molecule has 1 heteroatoms. The number of nitrogens with zero attached hydrogens (tertiary/aromatic N) is 1. The van der Waals surface area contributed by atoms with Crippen molar-refractivity contribution < 1.29 is 0 Å². The van der Waals surface area contributed by atoms with Gasteiger partial charge >= 0.3 is 0 Å². The highest BCUT2D eigenvalue weighted by Gasteiger charge is 2.24. The van der Waals surface area contributed by atoms with Gasteiger partial charge in [-0.15, -0.1) is 0 Å². The molecule has 0 fully saturated rings. The molecule has 1 aromatic carbocycles. The Balaban J connectivity index is 2.02. The van der Waals surface area contributed by atoms with E-state index in [1.54, 1.807) is 0 Å². The van der Waals surface area contributed by atoms with Crippen molar-refractivity contribution in [3.8, 4) is 0 Å². The third-order valence-corrected chi connectivity index (χ3v) is 3.52. The van der Waals surface area contributed by atoms with Crippen LogP contribution in [0.5, 0.6) is 0 Å². The van der Waals surface area contributed by atoms with Gasteiger partial charge in [0, 0.05) is 19.6 Å². The summed E-state index contributed by atoms with van der Waals surface area (Å²) in [6, 6.07) is 8.81. The third-order valence-electron chi connectivity index (χ3n) is 3.52. The molecule has 1 aliphatic heterocycles. The lowest BCUT2D eigenvalue weighted by atomic mass is 9.90. The van der Waals surface area contributed by atoms with Crippen LogP contribution in [0, 0.1) is 5.41 Å². The topological polar surface area (TPSA) is 3.24 Å². The van der Waals surface area contributed by atoms with Crippen LogP contribution < -0.4 is 0 Å². The van der Waals surface area contributed by atoms with Gasteiger partial charge in [-0.05, 0) is 23.0 Å². The Labute approximate surface area is 93.1 Å². The fourth-order valence-electron chi connectivity index (χ4n) is 2.23. The summed E-state index contributed by atoms with van der Waals surface area (Å²) < 4.78 is 0. The minimum Gasteiger partial charge on any atom is -0.294 e. The molecule has 0 spiro atoms. The van der Waals surface area contributed by atoms with E-state index in [0.29, 0.717) is 5.41 Å². The molecule has 0 saturated heterocycles. The highest BCUT2D eigenvalue weighted by atomic mass is 15.1. The van der Waals surface area contributed by atoms with Crippen LogP contribution in [0.25, 0.3) is 0 Å². The highest BCUT2D eigenvalue weighted by Crippen LogP contribution is 2.28. The summed E-state index contributed by atoms with van der Waals surface area (Å²) in [5.74, 6) is 0. The molecule has 0 bridgehead atoms. The van der Waals surface area contributed by atoms with Gasteiger partial charge in [-0.3, -0.25) is 4.90 Å². The molecule has 0 atom stereocenters. The van der Waals surface area contributed by atoms with Crippen LogP contribution in [0.2, 0.25) is 0 Å². The van der Waals surface area contributed by atoms with Crippen molar-refractivity contribution >= 4 is 0 Å². The predicted molar refractivity (Wildman–Crippen MR) is 64.6 cm³/mol. The van der Waals surface area contributed by atoms with Gasteiger partial charge in [0.2, 0.25) is 0 Å². The molecule has 0 saturated carbocycles. The Hall–Kier alpha value is -0.820. The lowest BCUT2D eigenvalue weighted by Gasteiger charge is -2.28. The van der Waals surface area contributed by atoms with Crippen molar-refractivity contribution in [1.29, 1.82) is 0 Å². The fraction of sp³-hybridized carbons (Fsp3) is 0.571. The molecule has 0 N–H and O–H groups in total. The van der Waals surface area contributed by atoms with Crippen LogP contribution in [-0.2, 0) is 13.1 Å². The maximum atomic E-state index is 2.56. The van der Waals surface area contributed by atoms with E-state index in [-0.39, 0.29) is 0 Å². The quantitative estimate of drug-likeness (QED) is 0.727. The van der Waals surface area contributed by atoms with E-state index in [0.717, 1.165) is 13.1 Å². The van der Waals surface area contributed by atoms with E-state index in [1.165, 1.54) is 24.1 Å². The van der Waals surface area contributed by atoms with Crippen molar-refractivity contribution in [3.05, 3.63) is 35.4 Å². The molecule has 1 nitrogen and oxygen atoms in total. The molecule has 1 aromatic rings. The van der Waals surface area contributed by atoms with E-state index in [1.807, 2.05) is 0 Å². The molecule has 82 valence electrons. The molecule has 0 unspecified atom stereocenters. The summed E-state index contributed by atoms with van der Waals surface area (Å²) in [5.41, 5.74) is 3.48. The summed E-state index contributed by atoms with van der Waals surface area (Å²) in [5, 5.41) is 0. The number of benzene rings is 1. The van der Waals surface area contributed by atoms with Crippen LogP contribution in [0.15, 0.2) is 24.3 Å². The van der Waals surface area contributed by atoms with Crippen molar-refractivity contribution in [2.45, 2.75) is 40.3 Å². The Morgan fingerprint density at radius 2 is 1.67 bits per heavy atom. The van der Waals surface area contributed by atoms with Gasteiger partial charge in [0.15, 0.2) is 0 Å². The zero-order valence-electron chi connectivity index (χ0n) is 10.1. The number of hydrogen-bond acceptors (Lipinski definition) is 1. The lowest BCUT2D eigenvalue weighted by Crippen LogP contribution is -2.30. The number of rotatable bonds is 3. The second-order valence-corrected chi connectivity index (χ2v) is 5.43. The molecule has 15 heavy (non-hydrogen) atoms. The van der Waals surface area contributed by atoms with Crippen LogP contribution in [0.3, 0.4) is 0 Å². The Bertz CT molecular complexity index is 316. The summed E-state index contributed by atoms with van der Waals surface area (Å²) in [4.78, 5) is 2.56. The predicted octanol–water partition coefficient (Wildman–Crippen LogP) is 3.44. The van der Waals surface area contributed by atoms with Crippen LogP contribution in [0.1, 0.15) is 38.3 Å². The van der Waals surface area contributed by atoms with Crippen LogP contribution in [0.4, 0.5) is 0 Å². The number of hydrogen-bond donors (Lipinski definition) is 0. The highest BCUT2D eigenvalue weighted by molar-refractivity contribution is 5.30. The maximum Gasteiger partial charge on any atom is 0.0240 e. The van der Waals surface area contributed by atoms with E-state index < -0.39 is 0 Å². The molecule has 0 amide bonds. The zero-order chi connectivity index (χ0) is 10.9. The molecular formula is C14H21N. The smallest absolute Gasteiger partial charge is 0.0240 e. The van der Waals surface area contributed by atoms with E-state index >= 15 is 0 Å². The molecule has 0 aliphatic carbocycles. The minimum absolute atomic E-state index is 0.446. The van der Waals surface area contributed by atoms with Gasteiger partial charge in [0.25, 0.3) is 0 Å². The monoisotopic (exact) mass is 203 g/mol. The van der Waals surface area contributed by atoms with E-state index in [2.05, 4.69) is 49.9 Å². The normalized spacial score (nSPS) is 16.7. The molecule has 0 aromatic heterocycles. The Kier molecular flexibility index (Phi) is 2.83. The van der Waals surface area contributed by atoms with Gasteiger partial charge in [-0.2, -0.15) is 0 Å². The summed E-state index contributed by atoms with van der Waals surface area (Å²) in [6.07, 6.45) is 1.25. The Morgan fingerprint density at radius 3 is 2.13 bits per heavy atom. The lowest BCUT2D eigenvalue weighted by molar-refractivity contribution is 0.174. The van der Waals surface area contributed by atoms with Gasteiger partial charge in [0.05, 0.1) is 0 Å². The first-order valence-electron chi connectivity index (χ1n) is 5.90. The second kappa shape index (κ2) is 3.97. The van der Waals surface area contributed by atoms with E-state index in [4.69, 9.17) is 0 Å². The summed E-state index contributed by atoms with van der Waals surface area (Å²) in [7, 11) is 0.